The molecule has 0 atom stereocenters. The van der Waals surface area contributed by atoms with Gasteiger partial charge in [-0.25, -0.2) is 9.97 Å². The van der Waals surface area contributed by atoms with Crippen molar-refractivity contribution in [2.75, 3.05) is 16.8 Å². The van der Waals surface area contributed by atoms with Gasteiger partial charge in [-0.2, -0.15) is 0 Å². The average Bonchev–Trinajstić information content (AvgIpc) is 3.10. The third kappa shape index (κ3) is 3.60. The lowest BCUT2D eigenvalue weighted by Crippen LogP contribution is -2.28. The molecule has 0 bridgehead atoms. The van der Waals surface area contributed by atoms with Crippen molar-refractivity contribution in [3.63, 3.8) is 0 Å². The number of aryl methyl sites for hydroxylation is 2. The van der Waals surface area contributed by atoms with Crippen LogP contribution in [0.2, 0.25) is 0 Å². The molecule has 1 N–H and O–H groups in total. The van der Waals surface area contributed by atoms with Crippen LogP contribution >= 0.6 is 11.3 Å². The lowest BCUT2D eigenvalue weighted by atomic mass is 10.1. The Kier molecular flexibility index (Phi) is 4.67. The highest BCUT2D eigenvalue weighted by atomic mass is 32.1. The van der Waals surface area contributed by atoms with Gasteiger partial charge in [-0.05, 0) is 37.0 Å². The number of anilines is 2. The summed E-state index contributed by atoms with van der Waals surface area (Å²) in [4.78, 5) is 24.9. The molecule has 0 saturated heterocycles. The maximum Gasteiger partial charge on any atom is 0.285 e. The summed E-state index contributed by atoms with van der Waals surface area (Å²) < 4.78 is 0. The molecule has 1 aliphatic heterocycles. The molecule has 4 rings (SSSR count). The first-order valence-corrected chi connectivity index (χ1v) is 9.53. The zero-order valence-electron chi connectivity index (χ0n) is 14.6. The van der Waals surface area contributed by atoms with Gasteiger partial charge in [0, 0.05) is 24.2 Å². The molecule has 5 nitrogen and oxygen atoms in total. The van der Waals surface area contributed by atoms with Crippen molar-refractivity contribution in [3.05, 3.63) is 69.7 Å². The van der Waals surface area contributed by atoms with Crippen LogP contribution in [0.25, 0.3) is 0 Å². The summed E-state index contributed by atoms with van der Waals surface area (Å²) in [5.41, 5.74) is 2.31. The van der Waals surface area contributed by atoms with E-state index in [-0.39, 0.29) is 5.91 Å². The van der Waals surface area contributed by atoms with Gasteiger partial charge in [0.15, 0.2) is 5.01 Å². The number of nitrogens with zero attached hydrogens (tertiary/aromatic N) is 3. The van der Waals surface area contributed by atoms with E-state index >= 15 is 0 Å². The van der Waals surface area contributed by atoms with Crippen LogP contribution in [0.3, 0.4) is 0 Å². The molecule has 1 aromatic carbocycles. The second-order valence-corrected chi connectivity index (χ2v) is 7.54. The zero-order chi connectivity index (χ0) is 17.9. The van der Waals surface area contributed by atoms with E-state index in [1.54, 1.807) is 6.20 Å². The molecule has 1 amide bonds. The average molecular weight is 364 g/mol. The minimum atomic E-state index is -0.194. The molecular formula is C20H20N4OS. The number of hydrogen-bond acceptors (Lipinski definition) is 5. The Morgan fingerprint density at radius 1 is 1.23 bits per heavy atom. The van der Waals surface area contributed by atoms with Crippen LogP contribution in [0.4, 0.5) is 11.6 Å². The van der Waals surface area contributed by atoms with E-state index < -0.39 is 0 Å². The number of fused-ring (bicyclic) bond motifs is 1. The molecule has 0 unspecified atom stereocenters. The largest absolute Gasteiger partial charge is 0.351 e. The smallest absolute Gasteiger partial charge is 0.285 e. The number of carbonyl (C=O) groups is 1. The predicted molar refractivity (Wildman–Crippen MR) is 105 cm³/mol. The Bertz CT molecular complexity index is 905. The summed E-state index contributed by atoms with van der Waals surface area (Å²) in [6.07, 6.45) is 3.81. The van der Waals surface area contributed by atoms with E-state index in [0.29, 0.717) is 10.8 Å². The monoisotopic (exact) mass is 364 g/mol. The summed E-state index contributed by atoms with van der Waals surface area (Å²) in [6, 6.07) is 14.1. The first-order chi connectivity index (χ1) is 12.7. The minimum absolute atomic E-state index is 0.194. The molecule has 0 radical (unpaired) electrons. The predicted octanol–water partition coefficient (Wildman–Crippen LogP) is 4.05. The third-order valence-electron chi connectivity index (χ3n) is 4.37. The normalized spacial score (nSPS) is 13.3. The van der Waals surface area contributed by atoms with Gasteiger partial charge < -0.3 is 10.2 Å². The fraction of sp³-hybridized carbons (Fsp3) is 0.250. The van der Waals surface area contributed by atoms with Crippen molar-refractivity contribution in [1.29, 1.82) is 0 Å². The molecule has 6 heteroatoms. The molecule has 1 aliphatic rings. The maximum atomic E-state index is 12.6. The Labute approximate surface area is 156 Å². The van der Waals surface area contributed by atoms with Crippen molar-refractivity contribution >= 4 is 28.9 Å². The topological polar surface area (TPSA) is 58.1 Å². The highest BCUT2D eigenvalue weighted by Crippen LogP contribution is 2.33. The lowest BCUT2D eigenvalue weighted by Gasteiger charge is -2.27. The number of benzene rings is 1. The van der Waals surface area contributed by atoms with Crippen LogP contribution < -0.4 is 10.2 Å². The molecule has 0 fully saturated rings. The van der Waals surface area contributed by atoms with Gasteiger partial charge in [0.1, 0.15) is 11.6 Å². The van der Waals surface area contributed by atoms with Crippen LogP contribution in [0, 0.1) is 6.92 Å². The number of rotatable bonds is 4. The number of nitrogens with one attached hydrogen (secondary N) is 1. The molecule has 2 aromatic heterocycles. The molecular weight excluding hydrogens is 344 g/mol. The van der Waals surface area contributed by atoms with Gasteiger partial charge in [0.2, 0.25) is 0 Å². The number of amides is 1. The molecule has 3 heterocycles. The van der Waals surface area contributed by atoms with Gasteiger partial charge in [0.25, 0.3) is 5.91 Å². The van der Waals surface area contributed by atoms with Gasteiger partial charge in [-0.1, -0.05) is 36.4 Å². The quantitative estimate of drug-likeness (QED) is 0.759. The molecule has 3 aromatic rings. The summed E-state index contributed by atoms with van der Waals surface area (Å²) >= 11 is 1.49. The van der Waals surface area contributed by atoms with Crippen molar-refractivity contribution in [1.82, 2.24) is 9.97 Å². The number of carbonyl (C=O) groups excluding carboxylic acids is 1. The van der Waals surface area contributed by atoms with Crippen molar-refractivity contribution in [3.8, 4) is 0 Å². The number of hydrogen-bond donors (Lipinski definition) is 1. The molecule has 0 spiro atoms. The summed E-state index contributed by atoms with van der Waals surface area (Å²) in [6.45, 7) is 3.75. The first-order valence-electron chi connectivity index (χ1n) is 8.71. The highest BCUT2D eigenvalue weighted by molar-refractivity contribution is 7.14. The molecule has 26 heavy (non-hydrogen) atoms. The van der Waals surface area contributed by atoms with Crippen molar-refractivity contribution in [2.45, 2.75) is 26.3 Å². The van der Waals surface area contributed by atoms with Crippen LogP contribution in [0.15, 0.2) is 48.7 Å². The third-order valence-corrected chi connectivity index (χ3v) is 5.47. The van der Waals surface area contributed by atoms with E-state index in [0.717, 1.165) is 37.3 Å². The van der Waals surface area contributed by atoms with Crippen LogP contribution in [0.1, 0.15) is 32.2 Å². The molecule has 132 valence electrons. The Morgan fingerprint density at radius 2 is 2.08 bits per heavy atom. The van der Waals surface area contributed by atoms with E-state index in [4.69, 9.17) is 0 Å². The van der Waals surface area contributed by atoms with Crippen LogP contribution in [0.5, 0.6) is 0 Å². The molecule has 0 saturated carbocycles. The van der Waals surface area contributed by atoms with Gasteiger partial charge in [-0.15, -0.1) is 11.3 Å². The lowest BCUT2D eigenvalue weighted by molar-refractivity contribution is 0.102. The highest BCUT2D eigenvalue weighted by Gasteiger charge is 2.24. The van der Waals surface area contributed by atoms with Crippen molar-refractivity contribution in [2.24, 2.45) is 0 Å². The summed E-state index contributed by atoms with van der Waals surface area (Å²) in [5.74, 6) is 1.31. The fourth-order valence-electron chi connectivity index (χ4n) is 3.06. The summed E-state index contributed by atoms with van der Waals surface area (Å²) in [7, 11) is 0. The number of aromatic nitrogens is 2. The van der Waals surface area contributed by atoms with Crippen LogP contribution in [-0.4, -0.2) is 22.4 Å². The SMILES string of the molecule is Cc1ccc(NC(=O)c2nc3c(s2)CCCN3Cc2ccccc2)nc1. The maximum absolute atomic E-state index is 12.6. The second-order valence-electron chi connectivity index (χ2n) is 6.45. The second kappa shape index (κ2) is 7.25. The van der Waals surface area contributed by atoms with Crippen molar-refractivity contribution < 1.29 is 4.79 Å². The number of thiazole rings is 1. The standard InChI is InChI=1S/C20H20N4OS/c1-14-9-10-17(21-12-14)22-19(25)20-23-18-16(26-20)8-5-11-24(18)13-15-6-3-2-4-7-15/h2-4,6-7,9-10,12H,5,8,11,13H2,1H3,(H,21,22,25). The Morgan fingerprint density at radius 3 is 2.85 bits per heavy atom. The summed E-state index contributed by atoms with van der Waals surface area (Å²) in [5, 5.41) is 3.34. The zero-order valence-corrected chi connectivity index (χ0v) is 15.4. The molecule has 0 aliphatic carbocycles. The Balaban J connectivity index is 1.53. The Hall–Kier alpha value is -2.73. The van der Waals surface area contributed by atoms with E-state index in [1.165, 1.54) is 21.8 Å². The van der Waals surface area contributed by atoms with E-state index in [1.807, 2.05) is 25.1 Å². The van der Waals surface area contributed by atoms with E-state index in [2.05, 4.69) is 44.5 Å². The van der Waals surface area contributed by atoms with Gasteiger partial charge in [-0.3, -0.25) is 4.79 Å². The first kappa shape index (κ1) is 16.7. The van der Waals surface area contributed by atoms with Gasteiger partial charge in [0.05, 0.1) is 0 Å². The van der Waals surface area contributed by atoms with Crippen LogP contribution in [-0.2, 0) is 13.0 Å². The fourth-order valence-corrected chi connectivity index (χ4v) is 4.08. The minimum Gasteiger partial charge on any atom is -0.351 e. The number of pyridine rings is 1. The van der Waals surface area contributed by atoms with E-state index in [9.17, 15) is 4.79 Å². The van der Waals surface area contributed by atoms with Gasteiger partial charge >= 0.3 is 0 Å².